The van der Waals surface area contributed by atoms with Gasteiger partial charge in [0.05, 0.1) is 0 Å². The van der Waals surface area contributed by atoms with E-state index in [1.54, 1.807) is 5.57 Å². The third kappa shape index (κ3) is 3.67. The standard InChI is InChI=1S/C28H47N/c1-19(2)8-7-9-20(3)24-12-13-25-23-11-10-21-18-22(29-6)14-16-27(21,4)26(23)15-17-28(24,25)5/h18-20,23-26H,7-17H2,1-6H3/t20?,23-,24+,25-,26-,27-,28+/m0/s1. The molecule has 0 radical (unpaired) electrons. The predicted octanol–water partition coefficient (Wildman–Crippen LogP) is 8.10. The van der Waals surface area contributed by atoms with Crippen LogP contribution in [0.5, 0.6) is 0 Å². The van der Waals surface area contributed by atoms with Gasteiger partial charge in [-0.1, -0.05) is 59.5 Å². The molecule has 0 heterocycles. The Hall–Kier alpha value is -0.590. The molecule has 0 amide bonds. The van der Waals surface area contributed by atoms with Crippen molar-refractivity contribution in [3.63, 3.8) is 0 Å². The molecule has 1 heteroatoms. The van der Waals surface area contributed by atoms with Crippen LogP contribution in [0.2, 0.25) is 0 Å². The van der Waals surface area contributed by atoms with E-state index in [-0.39, 0.29) is 0 Å². The van der Waals surface area contributed by atoms with Gasteiger partial charge in [0.25, 0.3) is 0 Å². The van der Waals surface area contributed by atoms with Crippen LogP contribution in [0.1, 0.15) is 105 Å². The molecule has 0 aliphatic heterocycles. The Morgan fingerprint density at radius 3 is 2.48 bits per heavy atom. The highest BCUT2D eigenvalue weighted by Crippen LogP contribution is 2.67. The minimum absolute atomic E-state index is 0.472. The fraction of sp³-hybridized carbons (Fsp3) is 0.893. The van der Waals surface area contributed by atoms with Crippen molar-refractivity contribution in [3.8, 4) is 0 Å². The molecule has 0 spiro atoms. The van der Waals surface area contributed by atoms with Gasteiger partial charge in [-0.25, -0.2) is 0 Å². The number of nitrogens with zero attached hydrogens (tertiary/aromatic N) is 1. The zero-order chi connectivity index (χ0) is 20.8. The van der Waals surface area contributed by atoms with Crippen molar-refractivity contribution < 1.29 is 0 Å². The number of allylic oxidation sites excluding steroid dienone is 2. The van der Waals surface area contributed by atoms with Crippen molar-refractivity contribution in [2.75, 3.05) is 7.05 Å². The van der Waals surface area contributed by atoms with Crippen LogP contribution >= 0.6 is 0 Å². The van der Waals surface area contributed by atoms with Crippen molar-refractivity contribution in [2.45, 2.75) is 105 Å². The lowest BCUT2D eigenvalue weighted by Crippen LogP contribution is -2.51. The minimum atomic E-state index is 0.472. The van der Waals surface area contributed by atoms with Gasteiger partial charge >= 0.3 is 0 Å². The molecule has 0 N–H and O–H groups in total. The maximum atomic E-state index is 4.54. The van der Waals surface area contributed by atoms with E-state index in [4.69, 9.17) is 0 Å². The first-order valence-corrected chi connectivity index (χ1v) is 13.0. The van der Waals surface area contributed by atoms with Gasteiger partial charge in [0, 0.05) is 12.8 Å². The highest BCUT2D eigenvalue weighted by molar-refractivity contribution is 5.96. The average molecular weight is 398 g/mol. The van der Waals surface area contributed by atoms with Gasteiger partial charge in [-0.3, -0.25) is 4.99 Å². The van der Waals surface area contributed by atoms with Gasteiger partial charge in [0.15, 0.2) is 0 Å². The Kier molecular flexibility index (Phi) is 6.09. The highest BCUT2D eigenvalue weighted by atomic mass is 14.7. The van der Waals surface area contributed by atoms with Crippen molar-refractivity contribution in [1.82, 2.24) is 0 Å². The molecular formula is C28H47N. The topological polar surface area (TPSA) is 12.4 Å². The van der Waals surface area contributed by atoms with Gasteiger partial charge in [-0.2, -0.15) is 0 Å². The summed E-state index contributed by atoms with van der Waals surface area (Å²) in [7, 11) is 1.98. The molecule has 1 nitrogen and oxygen atoms in total. The van der Waals surface area contributed by atoms with Gasteiger partial charge in [0.2, 0.25) is 0 Å². The Labute approximate surface area is 181 Å². The summed E-state index contributed by atoms with van der Waals surface area (Å²) in [6, 6.07) is 0. The van der Waals surface area contributed by atoms with Crippen LogP contribution in [0.4, 0.5) is 0 Å². The first-order valence-electron chi connectivity index (χ1n) is 13.0. The highest BCUT2D eigenvalue weighted by Gasteiger charge is 2.59. The maximum absolute atomic E-state index is 4.54. The Morgan fingerprint density at radius 1 is 0.966 bits per heavy atom. The summed E-state index contributed by atoms with van der Waals surface area (Å²) in [5, 5.41) is 0. The van der Waals surface area contributed by atoms with E-state index >= 15 is 0 Å². The van der Waals surface area contributed by atoms with Gasteiger partial charge in [-0.15, -0.1) is 0 Å². The number of rotatable bonds is 5. The van der Waals surface area contributed by atoms with E-state index in [1.807, 2.05) is 7.05 Å². The zero-order valence-corrected chi connectivity index (χ0v) is 20.3. The van der Waals surface area contributed by atoms with E-state index in [2.05, 4.69) is 45.7 Å². The molecule has 3 saturated carbocycles. The normalized spacial score (nSPS) is 44.2. The molecule has 3 fully saturated rings. The first-order chi connectivity index (χ1) is 13.8. The van der Waals surface area contributed by atoms with Crippen LogP contribution in [0.3, 0.4) is 0 Å². The largest absolute Gasteiger partial charge is 0.293 e. The summed E-state index contributed by atoms with van der Waals surface area (Å²) in [6.07, 6.45) is 18.2. The second-order valence-corrected chi connectivity index (χ2v) is 12.2. The second-order valence-electron chi connectivity index (χ2n) is 12.2. The molecule has 0 aromatic carbocycles. The van der Waals surface area contributed by atoms with Crippen molar-refractivity contribution in [1.29, 1.82) is 0 Å². The van der Waals surface area contributed by atoms with E-state index in [0.29, 0.717) is 10.8 Å². The third-order valence-corrected chi connectivity index (χ3v) is 10.5. The van der Waals surface area contributed by atoms with Gasteiger partial charge < -0.3 is 0 Å². The number of hydrogen-bond donors (Lipinski definition) is 0. The molecule has 0 saturated heterocycles. The average Bonchev–Trinajstić information content (AvgIpc) is 3.04. The lowest BCUT2D eigenvalue weighted by Gasteiger charge is -2.58. The zero-order valence-electron chi connectivity index (χ0n) is 20.3. The van der Waals surface area contributed by atoms with Crippen molar-refractivity contribution >= 4 is 5.71 Å². The van der Waals surface area contributed by atoms with Crippen LogP contribution in [0.15, 0.2) is 16.6 Å². The molecular weight excluding hydrogens is 350 g/mol. The molecule has 164 valence electrons. The van der Waals surface area contributed by atoms with E-state index in [1.165, 1.54) is 76.3 Å². The van der Waals surface area contributed by atoms with E-state index < -0.39 is 0 Å². The summed E-state index contributed by atoms with van der Waals surface area (Å²) in [5.41, 5.74) is 4.21. The first kappa shape index (κ1) is 21.6. The monoisotopic (exact) mass is 397 g/mol. The maximum Gasteiger partial charge on any atom is 0.0344 e. The Morgan fingerprint density at radius 2 is 1.76 bits per heavy atom. The molecule has 4 aliphatic rings. The molecule has 4 aliphatic carbocycles. The molecule has 4 rings (SSSR count). The fourth-order valence-electron chi connectivity index (χ4n) is 8.77. The summed E-state index contributed by atoms with van der Waals surface area (Å²) >= 11 is 0. The smallest absolute Gasteiger partial charge is 0.0344 e. The Bertz CT molecular complexity index is 657. The van der Waals surface area contributed by atoms with Gasteiger partial charge in [-0.05, 0) is 104 Å². The molecule has 29 heavy (non-hydrogen) atoms. The third-order valence-electron chi connectivity index (χ3n) is 10.5. The quantitative estimate of drug-likeness (QED) is 0.444. The van der Waals surface area contributed by atoms with Crippen LogP contribution < -0.4 is 0 Å². The van der Waals surface area contributed by atoms with Crippen LogP contribution in [-0.4, -0.2) is 12.8 Å². The fourth-order valence-corrected chi connectivity index (χ4v) is 8.77. The second kappa shape index (κ2) is 8.16. The lowest BCUT2D eigenvalue weighted by atomic mass is 9.46. The number of aliphatic imine (C=N–C) groups is 1. The minimum Gasteiger partial charge on any atom is -0.293 e. The molecule has 1 unspecified atom stereocenters. The summed E-state index contributed by atoms with van der Waals surface area (Å²) in [4.78, 5) is 4.54. The predicted molar refractivity (Wildman–Crippen MR) is 126 cm³/mol. The van der Waals surface area contributed by atoms with Crippen LogP contribution in [-0.2, 0) is 0 Å². The van der Waals surface area contributed by atoms with Crippen LogP contribution in [0.25, 0.3) is 0 Å². The van der Waals surface area contributed by atoms with Crippen molar-refractivity contribution in [2.24, 2.45) is 51.3 Å². The van der Waals surface area contributed by atoms with Crippen molar-refractivity contribution in [3.05, 3.63) is 11.6 Å². The Balaban J connectivity index is 1.49. The molecule has 0 bridgehead atoms. The molecule has 0 aromatic heterocycles. The summed E-state index contributed by atoms with van der Waals surface area (Å²) in [6.45, 7) is 12.7. The van der Waals surface area contributed by atoms with Crippen LogP contribution in [0, 0.1) is 46.3 Å². The SMILES string of the molecule is CN=C1C=C2CC[C@H]3[C@@H]4CC[C@H](C(C)CCCC(C)C)[C@@]4(C)CC[C@@H]3[C@@]2(C)CC1. The summed E-state index contributed by atoms with van der Waals surface area (Å²) < 4.78 is 0. The molecule has 0 aromatic rings. The number of fused-ring (bicyclic) bond motifs is 5. The summed E-state index contributed by atoms with van der Waals surface area (Å²) in [5.74, 6) is 5.70. The lowest BCUT2D eigenvalue weighted by molar-refractivity contribution is -0.0573. The van der Waals surface area contributed by atoms with E-state index in [0.717, 1.165) is 35.5 Å². The van der Waals surface area contributed by atoms with E-state index in [9.17, 15) is 0 Å². The number of hydrogen-bond acceptors (Lipinski definition) is 1. The van der Waals surface area contributed by atoms with Gasteiger partial charge in [0.1, 0.15) is 0 Å². The molecule has 7 atom stereocenters.